The molecule has 142 valence electrons. The summed E-state index contributed by atoms with van der Waals surface area (Å²) in [5.41, 5.74) is 12.8. The smallest absolute Gasteiger partial charge is 0.237 e. The van der Waals surface area contributed by atoms with Gasteiger partial charge < -0.3 is 15.6 Å². The van der Waals surface area contributed by atoms with Gasteiger partial charge in [0.1, 0.15) is 0 Å². The number of hydrogen-bond acceptors (Lipinski definition) is 3. The maximum atomic E-state index is 13.0. The number of anilines is 1. The fraction of sp³-hybridized carbons (Fsp3) is 0.455. The molecule has 2 aromatic rings. The van der Waals surface area contributed by atoms with Gasteiger partial charge in [-0.15, -0.1) is 0 Å². The molecule has 0 bridgehead atoms. The van der Waals surface area contributed by atoms with Crippen molar-refractivity contribution in [3.63, 3.8) is 0 Å². The van der Waals surface area contributed by atoms with Gasteiger partial charge in [0.2, 0.25) is 5.91 Å². The molecule has 0 atom stereocenters. The van der Waals surface area contributed by atoms with Crippen LogP contribution in [0, 0.1) is 5.41 Å². The highest BCUT2D eigenvalue weighted by atomic mass is 16.2. The Bertz CT molecular complexity index is 1020. The third kappa shape index (κ3) is 2.37. The summed E-state index contributed by atoms with van der Waals surface area (Å²) in [6.07, 6.45) is 2.72. The Hall–Kier alpha value is -2.56. The summed E-state index contributed by atoms with van der Waals surface area (Å²) in [5, 5.41) is 9.81. The minimum atomic E-state index is -0.539. The fourth-order valence-electron chi connectivity index (χ4n) is 4.61. The number of aromatic amines is 1. The third-order valence-electron chi connectivity index (χ3n) is 6.11. The highest BCUT2D eigenvalue weighted by Crippen LogP contribution is 2.45. The van der Waals surface area contributed by atoms with Gasteiger partial charge >= 0.3 is 0 Å². The van der Waals surface area contributed by atoms with Crippen LogP contribution in [0.5, 0.6) is 0 Å². The minimum absolute atomic E-state index is 0.112. The predicted molar refractivity (Wildman–Crippen MR) is 111 cm³/mol. The number of nitrogens with one attached hydrogen (secondary N) is 2. The van der Waals surface area contributed by atoms with E-state index in [-0.39, 0.29) is 11.9 Å². The summed E-state index contributed by atoms with van der Waals surface area (Å²) in [5.74, 6) is 0.156. The summed E-state index contributed by atoms with van der Waals surface area (Å²) < 4.78 is 0. The van der Waals surface area contributed by atoms with Crippen LogP contribution in [0.1, 0.15) is 64.3 Å². The highest BCUT2D eigenvalue weighted by Gasteiger charge is 2.45. The summed E-state index contributed by atoms with van der Waals surface area (Å²) in [6, 6.07) is 4.39. The first-order valence-corrected chi connectivity index (χ1v) is 9.71. The minimum Gasteiger partial charge on any atom is -0.402 e. The zero-order valence-electron chi connectivity index (χ0n) is 16.8. The van der Waals surface area contributed by atoms with Crippen LogP contribution in [-0.2, 0) is 16.6 Å². The number of fused-ring (bicyclic) bond motifs is 4. The summed E-state index contributed by atoms with van der Waals surface area (Å²) in [7, 11) is 0. The number of H-pyrrole nitrogens is 1. The lowest BCUT2D eigenvalue weighted by Gasteiger charge is -2.24. The number of hydrogen-bond donors (Lipinski definition) is 3. The van der Waals surface area contributed by atoms with Gasteiger partial charge in [0.25, 0.3) is 0 Å². The molecule has 0 radical (unpaired) electrons. The first-order valence-electron chi connectivity index (χ1n) is 9.71. The second kappa shape index (κ2) is 5.72. The summed E-state index contributed by atoms with van der Waals surface area (Å²) in [6.45, 7) is 9.98. The van der Waals surface area contributed by atoms with E-state index in [1.54, 1.807) is 0 Å². The average molecular weight is 364 g/mol. The molecule has 0 fully saturated rings. The van der Waals surface area contributed by atoms with Crippen molar-refractivity contribution >= 4 is 28.2 Å². The molecule has 4 rings (SSSR count). The number of nitrogens with zero attached hydrogens (tertiary/aromatic N) is 1. The number of carbonyl (C=O) groups is 1. The van der Waals surface area contributed by atoms with E-state index in [1.807, 2.05) is 25.7 Å². The SMILES string of the molecule is C/C(N)=C1\CCCc2c([nH]c3cc4c(cc23)N(C(C)C)C(=O)C4(C)C)C1=N. The van der Waals surface area contributed by atoms with Crippen molar-refractivity contribution in [2.24, 2.45) is 5.73 Å². The molecule has 0 saturated carbocycles. The Kier molecular flexibility index (Phi) is 3.78. The lowest BCUT2D eigenvalue weighted by atomic mass is 9.85. The molecule has 2 heterocycles. The maximum absolute atomic E-state index is 13.0. The lowest BCUT2D eigenvalue weighted by molar-refractivity contribution is -0.122. The van der Waals surface area contributed by atoms with E-state index in [0.29, 0.717) is 5.71 Å². The Labute approximate surface area is 160 Å². The monoisotopic (exact) mass is 364 g/mol. The van der Waals surface area contributed by atoms with E-state index in [0.717, 1.165) is 58.4 Å². The van der Waals surface area contributed by atoms with E-state index < -0.39 is 5.41 Å². The van der Waals surface area contributed by atoms with Gasteiger partial charge in [-0.1, -0.05) is 0 Å². The second-order valence-corrected chi connectivity index (χ2v) is 8.68. The molecule has 0 saturated heterocycles. The number of allylic oxidation sites excluding steroid dienone is 2. The quantitative estimate of drug-likeness (QED) is 0.664. The molecule has 5 heteroatoms. The van der Waals surface area contributed by atoms with Crippen molar-refractivity contribution in [3.05, 3.63) is 40.2 Å². The van der Waals surface area contributed by atoms with Crippen molar-refractivity contribution in [1.29, 1.82) is 5.41 Å². The fourth-order valence-corrected chi connectivity index (χ4v) is 4.61. The van der Waals surface area contributed by atoms with Crippen LogP contribution >= 0.6 is 0 Å². The molecule has 0 spiro atoms. The Balaban J connectivity index is 1.98. The van der Waals surface area contributed by atoms with Gasteiger partial charge in [-0.05, 0) is 82.7 Å². The van der Waals surface area contributed by atoms with E-state index in [2.05, 4.69) is 31.0 Å². The molecule has 1 aliphatic heterocycles. The predicted octanol–water partition coefficient (Wildman–Crippen LogP) is 4.14. The summed E-state index contributed by atoms with van der Waals surface area (Å²) >= 11 is 0. The molecule has 0 unspecified atom stereocenters. The molecule has 1 aromatic carbocycles. The molecule has 1 aromatic heterocycles. The first-order chi connectivity index (χ1) is 12.6. The zero-order chi connectivity index (χ0) is 19.7. The van der Waals surface area contributed by atoms with E-state index >= 15 is 0 Å². The number of aryl methyl sites for hydroxylation is 1. The van der Waals surface area contributed by atoms with Crippen LogP contribution in [0.25, 0.3) is 10.9 Å². The summed E-state index contributed by atoms with van der Waals surface area (Å²) in [4.78, 5) is 18.4. The van der Waals surface area contributed by atoms with Crippen molar-refractivity contribution in [2.75, 3.05) is 4.90 Å². The normalized spacial score (nSPS) is 20.9. The van der Waals surface area contributed by atoms with Crippen molar-refractivity contribution < 1.29 is 4.79 Å². The molecule has 4 N–H and O–H groups in total. The molecule has 27 heavy (non-hydrogen) atoms. The van der Waals surface area contributed by atoms with Crippen molar-refractivity contribution in [2.45, 2.75) is 65.3 Å². The van der Waals surface area contributed by atoms with Crippen LogP contribution in [0.2, 0.25) is 0 Å². The topological polar surface area (TPSA) is 86.0 Å². The van der Waals surface area contributed by atoms with Gasteiger partial charge in [0.15, 0.2) is 0 Å². The largest absolute Gasteiger partial charge is 0.402 e. The molecular formula is C22H28N4O. The lowest BCUT2D eigenvalue weighted by Crippen LogP contribution is -2.40. The molecule has 5 nitrogen and oxygen atoms in total. The number of carbonyl (C=O) groups excluding carboxylic acids is 1. The number of benzene rings is 1. The number of aromatic nitrogens is 1. The maximum Gasteiger partial charge on any atom is 0.237 e. The van der Waals surface area contributed by atoms with E-state index in [1.165, 1.54) is 5.56 Å². The third-order valence-corrected chi connectivity index (χ3v) is 6.11. The standard InChI is InChI=1S/C22H28N4O/c1-11(2)26-18-9-15-14-8-6-7-13(12(3)23)19(24)20(14)25-17(15)10-16(18)22(4,5)21(26)27/h9-11,24-25H,6-8,23H2,1-5H3/b13-12-,24-19?. The average Bonchev–Trinajstić information content (AvgIpc) is 2.96. The molecule has 1 aliphatic carbocycles. The van der Waals surface area contributed by atoms with Crippen LogP contribution in [0.4, 0.5) is 5.69 Å². The van der Waals surface area contributed by atoms with Crippen LogP contribution < -0.4 is 10.6 Å². The van der Waals surface area contributed by atoms with Gasteiger partial charge in [-0.3, -0.25) is 10.2 Å². The number of amides is 1. The molecular weight excluding hydrogens is 336 g/mol. The van der Waals surface area contributed by atoms with Gasteiger partial charge in [-0.25, -0.2) is 0 Å². The van der Waals surface area contributed by atoms with Crippen molar-refractivity contribution in [3.8, 4) is 0 Å². The van der Waals surface area contributed by atoms with Crippen LogP contribution in [0.15, 0.2) is 23.4 Å². The van der Waals surface area contributed by atoms with Crippen molar-refractivity contribution in [1.82, 2.24) is 4.98 Å². The first kappa shape index (κ1) is 17.8. The Morgan fingerprint density at radius 3 is 2.63 bits per heavy atom. The number of rotatable bonds is 1. The Morgan fingerprint density at radius 1 is 1.30 bits per heavy atom. The Morgan fingerprint density at radius 2 is 2.00 bits per heavy atom. The molecule has 2 aliphatic rings. The number of nitrogens with two attached hydrogens (primary N) is 1. The highest BCUT2D eigenvalue weighted by molar-refractivity contribution is 6.15. The van der Waals surface area contributed by atoms with Gasteiger partial charge in [-0.2, -0.15) is 0 Å². The van der Waals surface area contributed by atoms with E-state index in [9.17, 15) is 4.79 Å². The van der Waals surface area contributed by atoms with Crippen LogP contribution in [0.3, 0.4) is 0 Å². The van der Waals surface area contributed by atoms with Crippen LogP contribution in [-0.4, -0.2) is 22.6 Å². The van der Waals surface area contributed by atoms with Gasteiger partial charge in [0, 0.05) is 28.3 Å². The molecule has 1 amide bonds. The van der Waals surface area contributed by atoms with E-state index in [4.69, 9.17) is 11.1 Å². The second-order valence-electron chi connectivity index (χ2n) is 8.68. The van der Waals surface area contributed by atoms with Gasteiger partial charge in [0.05, 0.1) is 16.8 Å². The zero-order valence-corrected chi connectivity index (χ0v) is 16.8.